The number of rotatable bonds is 3. The van der Waals surface area contributed by atoms with Crippen molar-refractivity contribution < 1.29 is 9.50 Å². The fourth-order valence-corrected chi connectivity index (χ4v) is 3.85. The number of benzene rings is 1. The second-order valence-electron chi connectivity index (χ2n) is 5.93. The molecule has 3 heteroatoms. The molecule has 2 fully saturated rings. The molecule has 0 aromatic heterocycles. The zero-order chi connectivity index (χ0) is 13.2. The van der Waals surface area contributed by atoms with Crippen molar-refractivity contribution in [3.63, 3.8) is 0 Å². The maximum atomic E-state index is 13.7. The number of likely N-dealkylation sites (tertiary alicyclic amines) is 1. The van der Waals surface area contributed by atoms with Crippen LogP contribution < -0.4 is 0 Å². The second-order valence-corrected chi connectivity index (χ2v) is 5.93. The second kappa shape index (κ2) is 5.59. The van der Waals surface area contributed by atoms with Crippen LogP contribution in [0.3, 0.4) is 0 Å². The number of fused-ring (bicyclic) bond motifs is 1. The van der Waals surface area contributed by atoms with Gasteiger partial charge in [-0.2, -0.15) is 0 Å². The number of hydrogen-bond donors (Lipinski definition) is 1. The fourth-order valence-electron chi connectivity index (χ4n) is 3.85. The molecule has 3 unspecified atom stereocenters. The highest BCUT2D eigenvalue weighted by molar-refractivity contribution is 5.20. The maximum absolute atomic E-state index is 13.7. The zero-order valence-corrected chi connectivity index (χ0v) is 11.3. The van der Waals surface area contributed by atoms with Crippen molar-refractivity contribution in [2.45, 2.75) is 44.2 Å². The average Bonchev–Trinajstić information content (AvgIpc) is 2.88. The van der Waals surface area contributed by atoms with E-state index in [2.05, 4.69) is 4.90 Å². The van der Waals surface area contributed by atoms with Gasteiger partial charge in [-0.25, -0.2) is 4.39 Å². The van der Waals surface area contributed by atoms with E-state index in [1.165, 1.54) is 38.2 Å². The lowest BCUT2D eigenvalue weighted by Gasteiger charge is -2.38. The largest absolute Gasteiger partial charge is 0.387 e. The predicted molar refractivity (Wildman–Crippen MR) is 73.3 cm³/mol. The lowest BCUT2D eigenvalue weighted by molar-refractivity contribution is 0.0492. The monoisotopic (exact) mass is 263 g/mol. The first kappa shape index (κ1) is 13.1. The van der Waals surface area contributed by atoms with Crippen molar-refractivity contribution in [2.75, 3.05) is 13.1 Å². The molecule has 1 aliphatic carbocycles. The van der Waals surface area contributed by atoms with Crippen LogP contribution in [0.5, 0.6) is 0 Å². The number of hydrogen-bond acceptors (Lipinski definition) is 2. The average molecular weight is 263 g/mol. The van der Waals surface area contributed by atoms with Gasteiger partial charge in [0.1, 0.15) is 5.82 Å². The van der Waals surface area contributed by atoms with E-state index in [1.807, 2.05) is 0 Å². The summed E-state index contributed by atoms with van der Waals surface area (Å²) in [6.45, 7) is 1.62. The fraction of sp³-hybridized carbons (Fsp3) is 0.625. The third-order valence-corrected chi connectivity index (χ3v) is 4.78. The van der Waals surface area contributed by atoms with Crippen LogP contribution in [-0.4, -0.2) is 29.1 Å². The molecule has 1 heterocycles. The molecule has 0 amide bonds. The van der Waals surface area contributed by atoms with Crippen molar-refractivity contribution in [1.82, 2.24) is 4.90 Å². The molecule has 104 valence electrons. The smallest absolute Gasteiger partial charge is 0.129 e. The van der Waals surface area contributed by atoms with Crippen molar-refractivity contribution >= 4 is 0 Å². The van der Waals surface area contributed by atoms with Crippen molar-refractivity contribution in [3.05, 3.63) is 35.6 Å². The number of halogens is 1. The Morgan fingerprint density at radius 1 is 1.21 bits per heavy atom. The van der Waals surface area contributed by atoms with Gasteiger partial charge < -0.3 is 5.11 Å². The minimum atomic E-state index is -0.708. The van der Waals surface area contributed by atoms with Crippen molar-refractivity contribution in [3.8, 4) is 0 Å². The van der Waals surface area contributed by atoms with Gasteiger partial charge in [-0.05, 0) is 44.2 Å². The van der Waals surface area contributed by atoms with Crippen molar-refractivity contribution in [1.29, 1.82) is 0 Å². The van der Waals surface area contributed by atoms with Gasteiger partial charge in [0.2, 0.25) is 0 Å². The molecule has 1 aromatic rings. The Labute approximate surface area is 114 Å². The standard InChI is InChI=1S/C16H22FNO/c17-14-8-2-1-7-13(14)16(19)11-18-10-4-6-12-5-3-9-15(12)18/h1-2,7-8,12,15-16,19H,3-6,9-11H2. The van der Waals surface area contributed by atoms with Crippen LogP contribution in [0.4, 0.5) is 4.39 Å². The third kappa shape index (κ3) is 2.67. The van der Waals surface area contributed by atoms with E-state index in [1.54, 1.807) is 18.2 Å². The van der Waals surface area contributed by atoms with E-state index < -0.39 is 6.10 Å². The first-order valence-corrected chi connectivity index (χ1v) is 7.42. The molecule has 3 atom stereocenters. The Morgan fingerprint density at radius 3 is 2.84 bits per heavy atom. The van der Waals surface area contributed by atoms with Crippen molar-refractivity contribution in [2.24, 2.45) is 5.92 Å². The Bertz CT molecular complexity index is 437. The van der Waals surface area contributed by atoms with Gasteiger partial charge in [0, 0.05) is 18.2 Å². The summed E-state index contributed by atoms with van der Waals surface area (Å²) in [7, 11) is 0. The van der Waals surface area contributed by atoms with Crippen LogP contribution in [0, 0.1) is 11.7 Å². The highest BCUT2D eigenvalue weighted by Gasteiger charge is 2.35. The molecule has 1 aromatic carbocycles. The Balaban J connectivity index is 1.69. The lowest BCUT2D eigenvalue weighted by atomic mass is 9.91. The third-order valence-electron chi connectivity index (χ3n) is 4.78. The molecule has 0 spiro atoms. The van der Waals surface area contributed by atoms with E-state index in [0.717, 1.165) is 12.5 Å². The van der Waals surface area contributed by atoms with Crippen LogP contribution in [0.2, 0.25) is 0 Å². The summed E-state index contributed by atoms with van der Waals surface area (Å²) in [6, 6.07) is 7.19. The van der Waals surface area contributed by atoms with E-state index >= 15 is 0 Å². The van der Waals surface area contributed by atoms with E-state index in [9.17, 15) is 9.50 Å². The summed E-state index contributed by atoms with van der Waals surface area (Å²) >= 11 is 0. The number of nitrogens with zero attached hydrogens (tertiary/aromatic N) is 1. The number of aliphatic hydroxyl groups excluding tert-OH is 1. The summed E-state index contributed by atoms with van der Waals surface area (Å²) in [4.78, 5) is 2.39. The predicted octanol–water partition coefficient (Wildman–Crippen LogP) is 3.12. The zero-order valence-electron chi connectivity index (χ0n) is 11.3. The minimum Gasteiger partial charge on any atom is -0.387 e. The molecule has 19 heavy (non-hydrogen) atoms. The number of β-amino-alcohol motifs (C(OH)–C–C–N with tert-alkyl or cyclic N) is 1. The molecule has 1 aliphatic heterocycles. The molecule has 3 rings (SSSR count). The molecule has 1 saturated carbocycles. The van der Waals surface area contributed by atoms with Gasteiger partial charge in [-0.3, -0.25) is 4.90 Å². The molecular weight excluding hydrogens is 241 g/mol. The van der Waals surface area contributed by atoms with Crippen LogP contribution in [0.15, 0.2) is 24.3 Å². The summed E-state index contributed by atoms with van der Waals surface area (Å²) in [5, 5.41) is 10.3. The molecular formula is C16H22FNO. The van der Waals surface area contributed by atoms with Crippen LogP contribution in [0.1, 0.15) is 43.8 Å². The highest BCUT2D eigenvalue weighted by Crippen LogP contribution is 2.37. The van der Waals surface area contributed by atoms with E-state index in [-0.39, 0.29) is 5.82 Å². The summed E-state index contributed by atoms with van der Waals surface area (Å²) < 4.78 is 13.7. The number of piperidine rings is 1. The Kier molecular flexibility index (Phi) is 3.85. The highest BCUT2D eigenvalue weighted by atomic mass is 19.1. The molecule has 0 bridgehead atoms. The van der Waals surface area contributed by atoms with Crippen LogP contribution in [0.25, 0.3) is 0 Å². The van der Waals surface area contributed by atoms with E-state index in [4.69, 9.17) is 0 Å². The van der Waals surface area contributed by atoms with E-state index in [0.29, 0.717) is 18.2 Å². The topological polar surface area (TPSA) is 23.5 Å². The van der Waals surface area contributed by atoms with Crippen LogP contribution >= 0.6 is 0 Å². The Hall–Kier alpha value is -0.930. The summed E-state index contributed by atoms with van der Waals surface area (Å²) in [5.74, 6) is 0.511. The summed E-state index contributed by atoms with van der Waals surface area (Å²) in [5.41, 5.74) is 0.433. The molecule has 0 radical (unpaired) electrons. The number of aliphatic hydroxyl groups is 1. The first-order valence-electron chi connectivity index (χ1n) is 7.42. The molecule has 1 saturated heterocycles. The molecule has 2 aliphatic rings. The molecule has 1 N–H and O–H groups in total. The Morgan fingerprint density at radius 2 is 2.00 bits per heavy atom. The van der Waals surface area contributed by atoms with Gasteiger partial charge >= 0.3 is 0 Å². The normalized spacial score (nSPS) is 29.2. The van der Waals surface area contributed by atoms with Gasteiger partial charge in [0.05, 0.1) is 6.10 Å². The van der Waals surface area contributed by atoms with Gasteiger partial charge in [-0.15, -0.1) is 0 Å². The maximum Gasteiger partial charge on any atom is 0.129 e. The van der Waals surface area contributed by atoms with Gasteiger partial charge in [0.25, 0.3) is 0 Å². The molecule has 2 nitrogen and oxygen atoms in total. The SMILES string of the molecule is OC(CN1CCCC2CCCC21)c1ccccc1F. The minimum absolute atomic E-state index is 0.296. The van der Waals surface area contributed by atoms with Gasteiger partial charge in [-0.1, -0.05) is 24.6 Å². The van der Waals surface area contributed by atoms with Gasteiger partial charge in [0.15, 0.2) is 0 Å². The lowest BCUT2D eigenvalue weighted by Crippen LogP contribution is -2.44. The van der Waals surface area contributed by atoms with Crippen LogP contribution in [-0.2, 0) is 0 Å². The quantitative estimate of drug-likeness (QED) is 0.905. The first-order chi connectivity index (χ1) is 9.25. The summed E-state index contributed by atoms with van der Waals surface area (Å²) in [6.07, 6.45) is 5.72.